The standard InChI is InChI=1S/C17H15Cl3N2O2/c18-17(19,20)15(24)22-11-21-16(14(22)23,12-7-3-1-4-8-12)13-9-5-2-6-10-13/h1-10,15,21,24H,11H2/t15-/m0/s1. The van der Waals surface area contributed by atoms with Crippen LogP contribution in [0.2, 0.25) is 0 Å². The number of nitrogens with one attached hydrogen (secondary N) is 1. The fourth-order valence-electron chi connectivity index (χ4n) is 2.93. The molecule has 0 radical (unpaired) electrons. The van der Waals surface area contributed by atoms with Gasteiger partial charge >= 0.3 is 0 Å². The number of benzene rings is 2. The number of aliphatic hydroxyl groups is 1. The second-order valence-corrected chi connectivity index (χ2v) is 7.88. The van der Waals surface area contributed by atoms with Crippen LogP contribution in [0.4, 0.5) is 0 Å². The molecule has 0 unspecified atom stereocenters. The minimum Gasteiger partial charge on any atom is -0.369 e. The van der Waals surface area contributed by atoms with Crippen LogP contribution in [-0.4, -0.2) is 32.6 Å². The number of hydrogen-bond donors (Lipinski definition) is 2. The van der Waals surface area contributed by atoms with Crippen LogP contribution >= 0.6 is 34.8 Å². The average Bonchev–Trinajstić information content (AvgIpc) is 2.93. The van der Waals surface area contributed by atoms with Crippen molar-refractivity contribution in [1.82, 2.24) is 10.2 Å². The molecule has 126 valence electrons. The van der Waals surface area contributed by atoms with Crippen LogP contribution in [0.15, 0.2) is 60.7 Å². The van der Waals surface area contributed by atoms with Crippen molar-refractivity contribution in [2.75, 3.05) is 6.67 Å². The molecular weight excluding hydrogens is 371 g/mol. The minimum atomic E-state index is -2.00. The Kier molecular flexibility index (Phi) is 4.78. The monoisotopic (exact) mass is 384 g/mol. The van der Waals surface area contributed by atoms with Crippen LogP contribution in [0.5, 0.6) is 0 Å². The molecule has 2 aromatic rings. The number of alkyl halides is 3. The van der Waals surface area contributed by atoms with E-state index in [9.17, 15) is 9.90 Å². The molecule has 24 heavy (non-hydrogen) atoms. The van der Waals surface area contributed by atoms with Gasteiger partial charge in [0.05, 0.1) is 6.67 Å². The van der Waals surface area contributed by atoms with Crippen molar-refractivity contribution in [3.05, 3.63) is 71.8 Å². The van der Waals surface area contributed by atoms with Crippen LogP contribution in [0, 0.1) is 0 Å². The summed E-state index contributed by atoms with van der Waals surface area (Å²) in [6.07, 6.45) is -1.56. The number of halogens is 3. The van der Waals surface area contributed by atoms with Gasteiger partial charge in [-0.3, -0.25) is 15.0 Å². The zero-order chi connectivity index (χ0) is 17.4. The van der Waals surface area contributed by atoms with Crippen molar-refractivity contribution in [2.24, 2.45) is 0 Å². The molecule has 1 atom stereocenters. The Balaban J connectivity index is 2.10. The molecule has 0 spiro atoms. The lowest BCUT2D eigenvalue weighted by Gasteiger charge is -2.31. The summed E-state index contributed by atoms with van der Waals surface area (Å²) in [4.78, 5) is 14.4. The van der Waals surface area contributed by atoms with Crippen LogP contribution < -0.4 is 5.32 Å². The predicted octanol–water partition coefficient (Wildman–Crippen LogP) is 3.01. The van der Waals surface area contributed by atoms with Gasteiger partial charge in [0.1, 0.15) is 0 Å². The molecule has 2 N–H and O–H groups in total. The third kappa shape index (κ3) is 2.89. The van der Waals surface area contributed by atoms with E-state index in [0.29, 0.717) is 0 Å². The Morgan fingerprint density at radius 2 is 1.46 bits per heavy atom. The third-order valence-electron chi connectivity index (χ3n) is 4.10. The van der Waals surface area contributed by atoms with Crippen LogP contribution in [0.25, 0.3) is 0 Å². The minimum absolute atomic E-state index is 0.0533. The van der Waals surface area contributed by atoms with Crippen LogP contribution in [0.3, 0.4) is 0 Å². The zero-order valence-corrected chi connectivity index (χ0v) is 14.8. The van der Waals surface area contributed by atoms with Gasteiger partial charge < -0.3 is 5.11 Å². The first-order valence-corrected chi connectivity index (χ1v) is 8.42. The van der Waals surface area contributed by atoms with Gasteiger partial charge in [-0.25, -0.2) is 0 Å². The average molecular weight is 386 g/mol. The molecule has 3 rings (SSSR count). The summed E-state index contributed by atoms with van der Waals surface area (Å²) < 4.78 is -2.00. The van der Waals surface area contributed by atoms with Crippen LogP contribution in [0.1, 0.15) is 11.1 Å². The molecule has 1 aliphatic rings. The summed E-state index contributed by atoms with van der Waals surface area (Å²) >= 11 is 17.3. The predicted molar refractivity (Wildman–Crippen MR) is 94.8 cm³/mol. The van der Waals surface area contributed by atoms with Crippen molar-refractivity contribution in [1.29, 1.82) is 0 Å². The Bertz CT molecular complexity index is 680. The SMILES string of the molecule is O=C1N([C@@H](O)C(Cl)(Cl)Cl)CNC1(c1ccccc1)c1ccccc1. The highest BCUT2D eigenvalue weighted by atomic mass is 35.6. The quantitative estimate of drug-likeness (QED) is 0.799. The Morgan fingerprint density at radius 1 is 1.00 bits per heavy atom. The first-order valence-electron chi connectivity index (χ1n) is 7.29. The molecule has 1 heterocycles. The smallest absolute Gasteiger partial charge is 0.255 e. The summed E-state index contributed by atoms with van der Waals surface area (Å²) in [6, 6.07) is 18.5. The van der Waals surface area contributed by atoms with E-state index in [4.69, 9.17) is 34.8 Å². The molecule has 0 bridgehead atoms. The molecule has 7 heteroatoms. The third-order valence-corrected chi connectivity index (χ3v) is 4.68. The maximum atomic E-state index is 13.2. The van der Waals surface area contributed by atoms with Crippen LogP contribution in [-0.2, 0) is 10.3 Å². The van der Waals surface area contributed by atoms with E-state index in [1.807, 2.05) is 60.7 Å². The number of nitrogens with zero attached hydrogens (tertiary/aromatic N) is 1. The van der Waals surface area contributed by atoms with Crippen molar-refractivity contribution in [3.8, 4) is 0 Å². The highest BCUT2D eigenvalue weighted by Gasteiger charge is 2.53. The summed E-state index contributed by atoms with van der Waals surface area (Å²) in [5.41, 5.74) is 0.361. The normalized spacial score (nSPS) is 18.7. The van der Waals surface area contributed by atoms with Gasteiger partial charge in [0.2, 0.25) is 3.79 Å². The maximum Gasteiger partial charge on any atom is 0.255 e. The second-order valence-electron chi connectivity index (χ2n) is 5.51. The molecule has 1 fully saturated rings. The number of carbonyl (C=O) groups is 1. The highest BCUT2D eigenvalue weighted by molar-refractivity contribution is 6.68. The Hall–Kier alpha value is -1.30. The number of carbonyl (C=O) groups excluding carboxylic acids is 1. The molecule has 4 nitrogen and oxygen atoms in total. The first-order chi connectivity index (χ1) is 11.4. The lowest BCUT2D eigenvalue weighted by Crippen LogP contribution is -2.49. The Morgan fingerprint density at radius 3 is 1.88 bits per heavy atom. The fourth-order valence-corrected chi connectivity index (χ4v) is 3.29. The van der Waals surface area contributed by atoms with E-state index in [-0.39, 0.29) is 12.6 Å². The van der Waals surface area contributed by atoms with Gasteiger partial charge in [0, 0.05) is 0 Å². The number of aliphatic hydroxyl groups excluding tert-OH is 1. The van der Waals surface area contributed by atoms with E-state index >= 15 is 0 Å². The van der Waals surface area contributed by atoms with Gasteiger partial charge in [-0.05, 0) is 11.1 Å². The summed E-state index contributed by atoms with van der Waals surface area (Å²) in [5, 5.41) is 13.4. The van der Waals surface area contributed by atoms with Gasteiger partial charge in [-0.1, -0.05) is 95.5 Å². The van der Waals surface area contributed by atoms with Crippen molar-refractivity contribution in [2.45, 2.75) is 15.6 Å². The molecular formula is C17H15Cl3N2O2. The summed E-state index contributed by atoms with van der Waals surface area (Å²) in [6.45, 7) is 0.0533. The molecule has 0 aromatic heterocycles. The van der Waals surface area contributed by atoms with E-state index in [1.165, 1.54) is 0 Å². The number of amides is 1. The zero-order valence-electron chi connectivity index (χ0n) is 12.5. The fraction of sp³-hybridized carbons (Fsp3) is 0.235. The van der Waals surface area contributed by atoms with E-state index in [0.717, 1.165) is 16.0 Å². The van der Waals surface area contributed by atoms with Gasteiger partial charge in [0.15, 0.2) is 11.8 Å². The molecule has 1 amide bonds. The van der Waals surface area contributed by atoms with Crippen molar-refractivity contribution >= 4 is 40.7 Å². The topological polar surface area (TPSA) is 52.6 Å². The van der Waals surface area contributed by atoms with Gasteiger partial charge in [0.25, 0.3) is 5.91 Å². The molecule has 1 saturated heterocycles. The lowest BCUT2D eigenvalue weighted by molar-refractivity contribution is -0.139. The van der Waals surface area contributed by atoms with E-state index in [1.54, 1.807) is 0 Å². The Labute approximate surface area is 154 Å². The van der Waals surface area contributed by atoms with E-state index in [2.05, 4.69) is 5.32 Å². The number of rotatable bonds is 3. The van der Waals surface area contributed by atoms with E-state index < -0.39 is 15.6 Å². The largest absolute Gasteiger partial charge is 0.369 e. The summed E-state index contributed by atoms with van der Waals surface area (Å²) in [7, 11) is 0. The molecule has 0 aliphatic carbocycles. The molecule has 0 saturated carbocycles. The first kappa shape index (κ1) is 17.5. The van der Waals surface area contributed by atoms with Gasteiger partial charge in [-0.2, -0.15) is 0 Å². The molecule has 2 aromatic carbocycles. The number of hydrogen-bond acceptors (Lipinski definition) is 3. The van der Waals surface area contributed by atoms with Gasteiger partial charge in [-0.15, -0.1) is 0 Å². The van der Waals surface area contributed by atoms with Crippen molar-refractivity contribution in [3.63, 3.8) is 0 Å². The lowest BCUT2D eigenvalue weighted by atomic mass is 9.82. The highest BCUT2D eigenvalue weighted by Crippen LogP contribution is 2.39. The molecule has 1 aliphatic heterocycles. The maximum absolute atomic E-state index is 13.2. The van der Waals surface area contributed by atoms with Crippen molar-refractivity contribution < 1.29 is 9.90 Å². The summed E-state index contributed by atoms with van der Waals surface area (Å²) in [5.74, 6) is -0.376. The second kappa shape index (κ2) is 6.54.